The van der Waals surface area contributed by atoms with Crippen LogP contribution in [0.25, 0.3) is 10.6 Å². The van der Waals surface area contributed by atoms with Crippen LogP contribution in [0.2, 0.25) is 0 Å². The number of hydrogen-bond acceptors (Lipinski definition) is 4. The van der Waals surface area contributed by atoms with E-state index in [1.807, 2.05) is 35.7 Å². The lowest BCUT2D eigenvalue weighted by molar-refractivity contribution is -0.119. The molecule has 0 aliphatic carbocycles. The van der Waals surface area contributed by atoms with Crippen molar-refractivity contribution in [3.05, 3.63) is 41.4 Å². The van der Waals surface area contributed by atoms with E-state index in [4.69, 9.17) is 5.11 Å². The highest BCUT2D eigenvalue weighted by Crippen LogP contribution is 2.25. The van der Waals surface area contributed by atoms with Gasteiger partial charge in [-0.1, -0.05) is 30.3 Å². The van der Waals surface area contributed by atoms with Gasteiger partial charge in [-0.05, 0) is 0 Å². The molecule has 1 unspecified atom stereocenters. The van der Waals surface area contributed by atoms with E-state index in [-0.39, 0.29) is 12.3 Å². The number of nitrogens with zero attached hydrogens (tertiary/aromatic N) is 2. The summed E-state index contributed by atoms with van der Waals surface area (Å²) in [5, 5.41) is 11.9. The van der Waals surface area contributed by atoms with Gasteiger partial charge in [-0.25, -0.2) is 9.78 Å². The number of thiazole rings is 1. The zero-order valence-corrected chi connectivity index (χ0v) is 12.0. The van der Waals surface area contributed by atoms with Crippen LogP contribution in [0.3, 0.4) is 0 Å². The Kier molecular flexibility index (Phi) is 3.70. The molecule has 0 bridgehead atoms. The van der Waals surface area contributed by atoms with Crippen molar-refractivity contribution in [2.24, 2.45) is 0 Å². The lowest BCUT2D eigenvalue weighted by Gasteiger charge is -2.18. The van der Waals surface area contributed by atoms with E-state index in [0.717, 1.165) is 16.3 Å². The Bertz CT molecular complexity index is 669. The van der Waals surface area contributed by atoms with Gasteiger partial charge in [-0.15, -0.1) is 11.3 Å². The summed E-state index contributed by atoms with van der Waals surface area (Å²) in [7, 11) is 0. The number of carbonyl (C=O) groups is 2. The van der Waals surface area contributed by atoms with Crippen LogP contribution < -0.4 is 0 Å². The third kappa shape index (κ3) is 2.80. The number of likely N-dealkylation sites (tertiary alicyclic amines) is 1. The molecule has 2 aromatic rings. The molecule has 6 heteroatoms. The Morgan fingerprint density at radius 3 is 2.86 bits per heavy atom. The molecule has 5 nitrogen and oxygen atoms in total. The van der Waals surface area contributed by atoms with E-state index in [1.54, 1.807) is 0 Å². The first kappa shape index (κ1) is 13.8. The summed E-state index contributed by atoms with van der Waals surface area (Å²) in [6, 6.07) is 9.21. The number of carbonyl (C=O) groups excluding carboxylic acids is 1. The maximum Gasteiger partial charge on any atom is 0.407 e. The van der Waals surface area contributed by atoms with Crippen LogP contribution >= 0.6 is 11.3 Å². The SMILES string of the molecule is O=C1CCN(C(=O)O)C1Cc1csc(-c2ccccc2)n1. The van der Waals surface area contributed by atoms with Crippen LogP contribution in [0.5, 0.6) is 0 Å². The molecular weight excluding hydrogens is 288 g/mol. The van der Waals surface area contributed by atoms with Gasteiger partial charge < -0.3 is 5.11 Å². The first-order chi connectivity index (χ1) is 10.1. The second-order valence-corrected chi connectivity index (χ2v) is 5.78. The molecule has 0 spiro atoms. The van der Waals surface area contributed by atoms with Crippen LogP contribution in [0.4, 0.5) is 4.79 Å². The molecule has 2 heterocycles. The molecule has 21 heavy (non-hydrogen) atoms. The molecule has 0 saturated carbocycles. The van der Waals surface area contributed by atoms with E-state index in [1.165, 1.54) is 16.2 Å². The molecule has 1 aliphatic rings. The van der Waals surface area contributed by atoms with Gasteiger partial charge in [-0.2, -0.15) is 0 Å². The molecule has 1 aliphatic heterocycles. The third-order valence-electron chi connectivity index (χ3n) is 3.57. The van der Waals surface area contributed by atoms with Crippen molar-refractivity contribution >= 4 is 23.2 Å². The highest BCUT2D eigenvalue weighted by atomic mass is 32.1. The highest BCUT2D eigenvalue weighted by molar-refractivity contribution is 7.13. The topological polar surface area (TPSA) is 70.5 Å². The summed E-state index contributed by atoms with van der Waals surface area (Å²) in [5.41, 5.74) is 1.80. The normalized spacial score (nSPS) is 18.2. The highest BCUT2D eigenvalue weighted by Gasteiger charge is 2.36. The van der Waals surface area contributed by atoms with Crippen molar-refractivity contribution in [2.45, 2.75) is 18.9 Å². The first-order valence-electron chi connectivity index (χ1n) is 6.67. The number of rotatable bonds is 3. The van der Waals surface area contributed by atoms with Crippen LogP contribution in [-0.2, 0) is 11.2 Å². The first-order valence-corrected chi connectivity index (χ1v) is 7.55. The number of carboxylic acid groups (broad SMARTS) is 1. The number of ketones is 1. The Hall–Kier alpha value is -2.21. The maximum absolute atomic E-state index is 11.8. The van der Waals surface area contributed by atoms with E-state index >= 15 is 0 Å². The maximum atomic E-state index is 11.8. The number of amides is 1. The van der Waals surface area contributed by atoms with Crippen molar-refractivity contribution in [1.29, 1.82) is 0 Å². The minimum absolute atomic E-state index is 0.0216. The Morgan fingerprint density at radius 2 is 2.14 bits per heavy atom. The fourth-order valence-corrected chi connectivity index (χ4v) is 3.33. The lowest BCUT2D eigenvalue weighted by Crippen LogP contribution is -2.38. The zero-order chi connectivity index (χ0) is 14.8. The largest absolute Gasteiger partial charge is 0.465 e. The van der Waals surface area contributed by atoms with Gasteiger partial charge in [0.1, 0.15) is 5.01 Å². The molecule has 1 saturated heterocycles. The molecule has 0 radical (unpaired) electrons. The van der Waals surface area contributed by atoms with E-state index < -0.39 is 12.1 Å². The number of Topliss-reactive ketones (excluding diaryl/α,β-unsaturated/α-hetero) is 1. The fraction of sp³-hybridized carbons (Fsp3) is 0.267. The summed E-state index contributed by atoms with van der Waals surface area (Å²) in [6.45, 7) is 0.286. The summed E-state index contributed by atoms with van der Waals surface area (Å²) in [6.07, 6.45) is -0.384. The van der Waals surface area contributed by atoms with Gasteiger partial charge in [0.15, 0.2) is 5.78 Å². The third-order valence-corrected chi connectivity index (χ3v) is 4.51. The van der Waals surface area contributed by atoms with Crippen LogP contribution in [0, 0.1) is 0 Å². The minimum Gasteiger partial charge on any atom is -0.465 e. The van der Waals surface area contributed by atoms with Gasteiger partial charge >= 0.3 is 6.09 Å². The number of benzene rings is 1. The van der Waals surface area contributed by atoms with E-state index in [0.29, 0.717) is 12.8 Å². The molecule has 3 rings (SSSR count). The van der Waals surface area contributed by atoms with Crippen LogP contribution in [-0.4, -0.2) is 39.5 Å². The fourth-order valence-electron chi connectivity index (χ4n) is 2.49. The van der Waals surface area contributed by atoms with Gasteiger partial charge in [0.25, 0.3) is 0 Å². The van der Waals surface area contributed by atoms with Crippen molar-refractivity contribution < 1.29 is 14.7 Å². The van der Waals surface area contributed by atoms with E-state index in [2.05, 4.69) is 4.98 Å². The zero-order valence-electron chi connectivity index (χ0n) is 11.2. The predicted molar refractivity (Wildman–Crippen MR) is 79.4 cm³/mol. The van der Waals surface area contributed by atoms with Gasteiger partial charge in [0, 0.05) is 30.3 Å². The average molecular weight is 302 g/mol. The summed E-state index contributed by atoms with van der Waals surface area (Å²) >= 11 is 1.51. The average Bonchev–Trinajstić information content (AvgIpc) is 3.08. The summed E-state index contributed by atoms with van der Waals surface area (Å²) < 4.78 is 0. The van der Waals surface area contributed by atoms with E-state index in [9.17, 15) is 9.59 Å². The van der Waals surface area contributed by atoms with Gasteiger partial charge in [-0.3, -0.25) is 9.69 Å². The number of hydrogen-bond donors (Lipinski definition) is 1. The second kappa shape index (κ2) is 5.65. The summed E-state index contributed by atoms with van der Waals surface area (Å²) in [4.78, 5) is 28.7. The van der Waals surface area contributed by atoms with Crippen LogP contribution in [0.1, 0.15) is 12.1 Å². The van der Waals surface area contributed by atoms with Gasteiger partial charge in [0.05, 0.1) is 11.7 Å². The summed E-state index contributed by atoms with van der Waals surface area (Å²) in [5.74, 6) is -0.0216. The molecule has 1 aromatic carbocycles. The Labute approximate surface area is 125 Å². The van der Waals surface area contributed by atoms with Crippen molar-refractivity contribution in [3.8, 4) is 10.6 Å². The molecule has 1 fully saturated rings. The molecule has 1 atom stereocenters. The molecule has 1 aromatic heterocycles. The quantitative estimate of drug-likeness (QED) is 0.946. The number of aromatic nitrogens is 1. The molecular formula is C15H14N2O3S. The van der Waals surface area contributed by atoms with Gasteiger partial charge in [0.2, 0.25) is 0 Å². The minimum atomic E-state index is -1.04. The van der Waals surface area contributed by atoms with Crippen molar-refractivity contribution in [3.63, 3.8) is 0 Å². The standard InChI is InChI=1S/C15H14N2O3S/c18-13-6-7-17(15(19)20)12(13)8-11-9-21-14(16-11)10-4-2-1-3-5-10/h1-5,9,12H,6-8H2,(H,19,20). The predicted octanol–water partition coefficient (Wildman–Crippen LogP) is 2.67. The smallest absolute Gasteiger partial charge is 0.407 e. The molecule has 108 valence electrons. The Balaban J connectivity index is 1.78. The van der Waals surface area contributed by atoms with Crippen LogP contribution in [0.15, 0.2) is 35.7 Å². The van der Waals surface area contributed by atoms with Crippen molar-refractivity contribution in [1.82, 2.24) is 9.88 Å². The molecule has 1 N–H and O–H groups in total. The molecule has 1 amide bonds. The monoisotopic (exact) mass is 302 g/mol. The lowest BCUT2D eigenvalue weighted by atomic mass is 10.1. The second-order valence-electron chi connectivity index (χ2n) is 4.92. The van der Waals surface area contributed by atoms with Crippen molar-refractivity contribution in [2.75, 3.05) is 6.54 Å². The Morgan fingerprint density at radius 1 is 1.38 bits per heavy atom.